The van der Waals surface area contributed by atoms with Crippen molar-refractivity contribution in [2.24, 2.45) is 4.99 Å². The van der Waals surface area contributed by atoms with Crippen molar-refractivity contribution >= 4 is 12.1 Å². The number of hydrogen-bond acceptors (Lipinski definition) is 2. The van der Waals surface area contributed by atoms with Crippen molar-refractivity contribution in [2.45, 2.75) is 32.1 Å². The SMILES string of the molecule is CCN1CCC(c2ccc(-c3cc4c(c(C(F)F)c3)C=NC4=O)cc2)CC1. The van der Waals surface area contributed by atoms with Crippen LogP contribution < -0.4 is 0 Å². The third kappa shape index (κ3) is 3.44. The van der Waals surface area contributed by atoms with Gasteiger partial charge < -0.3 is 4.90 Å². The van der Waals surface area contributed by atoms with E-state index in [0.29, 0.717) is 11.5 Å². The van der Waals surface area contributed by atoms with Crippen LogP contribution in [0.5, 0.6) is 0 Å². The number of hydrogen-bond donors (Lipinski definition) is 0. The molecule has 0 radical (unpaired) electrons. The molecule has 2 aliphatic rings. The van der Waals surface area contributed by atoms with Crippen LogP contribution in [0.1, 0.15) is 59.2 Å². The van der Waals surface area contributed by atoms with Crippen LogP contribution in [0.4, 0.5) is 8.78 Å². The Labute approximate surface area is 157 Å². The second kappa shape index (κ2) is 7.31. The minimum absolute atomic E-state index is 0.131. The average molecular weight is 368 g/mol. The lowest BCUT2D eigenvalue weighted by Gasteiger charge is -2.31. The first-order valence-corrected chi connectivity index (χ1v) is 9.44. The van der Waals surface area contributed by atoms with Gasteiger partial charge in [0.2, 0.25) is 0 Å². The van der Waals surface area contributed by atoms with Crippen molar-refractivity contribution in [3.8, 4) is 11.1 Å². The molecular weight excluding hydrogens is 346 g/mol. The van der Waals surface area contributed by atoms with Gasteiger partial charge in [0.15, 0.2) is 0 Å². The Kier molecular flexibility index (Phi) is 4.87. The largest absolute Gasteiger partial charge is 0.304 e. The molecule has 2 aromatic rings. The third-order valence-corrected chi connectivity index (χ3v) is 5.74. The molecule has 2 aliphatic heterocycles. The standard InChI is InChI=1S/C22H22F2N2O/c1-2-26-9-7-16(8-10-26)14-3-5-15(6-4-14)17-11-18(21(23)24)20-13-25-22(27)19(20)12-17/h3-6,11-13,16,21H,2,7-10H2,1H3. The van der Waals surface area contributed by atoms with E-state index in [1.807, 2.05) is 12.1 Å². The van der Waals surface area contributed by atoms with Crippen molar-refractivity contribution in [1.29, 1.82) is 0 Å². The van der Waals surface area contributed by atoms with Gasteiger partial charge in [0.05, 0.1) is 5.56 Å². The van der Waals surface area contributed by atoms with Crippen LogP contribution >= 0.6 is 0 Å². The number of likely N-dealkylation sites (tertiary alicyclic amines) is 1. The highest BCUT2D eigenvalue weighted by atomic mass is 19.3. The van der Waals surface area contributed by atoms with E-state index < -0.39 is 12.3 Å². The van der Waals surface area contributed by atoms with E-state index >= 15 is 0 Å². The molecule has 3 nitrogen and oxygen atoms in total. The van der Waals surface area contributed by atoms with Gasteiger partial charge in [-0.15, -0.1) is 0 Å². The van der Waals surface area contributed by atoms with Gasteiger partial charge in [-0.05, 0) is 67.2 Å². The van der Waals surface area contributed by atoms with Crippen LogP contribution in [-0.2, 0) is 0 Å². The fourth-order valence-electron chi connectivity index (χ4n) is 4.07. The molecule has 0 aromatic heterocycles. The third-order valence-electron chi connectivity index (χ3n) is 5.74. The number of piperidine rings is 1. The highest BCUT2D eigenvalue weighted by molar-refractivity contribution is 6.14. The van der Waals surface area contributed by atoms with Crippen molar-refractivity contribution in [2.75, 3.05) is 19.6 Å². The maximum atomic E-state index is 13.4. The molecule has 1 amide bonds. The molecule has 0 aliphatic carbocycles. The van der Waals surface area contributed by atoms with Crippen LogP contribution in [0.15, 0.2) is 41.4 Å². The van der Waals surface area contributed by atoms with Crippen LogP contribution in [0.2, 0.25) is 0 Å². The van der Waals surface area contributed by atoms with Crippen LogP contribution in [0.25, 0.3) is 11.1 Å². The lowest BCUT2D eigenvalue weighted by Crippen LogP contribution is -2.32. The molecule has 27 heavy (non-hydrogen) atoms. The smallest absolute Gasteiger partial charge is 0.277 e. The summed E-state index contributed by atoms with van der Waals surface area (Å²) >= 11 is 0. The minimum atomic E-state index is -2.64. The summed E-state index contributed by atoms with van der Waals surface area (Å²) in [5.41, 5.74) is 3.15. The Morgan fingerprint density at radius 1 is 1.11 bits per heavy atom. The van der Waals surface area contributed by atoms with Crippen molar-refractivity contribution in [3.05, 3.63) is 58.7 Å². The molecular formula is C22H22F2N2O. The first-order chi connectivity index (χ1) is 13.1. The number of benzene rings is 2. The molecule has 0 spiro atoms. The number of amides is 1. The average Bonchev–Trinajstić information content (AvgIpc) is 3.08. The zero-order chi connectivity index (χ0) is 19.0. The Morgan fingerprint density at radius 3 is 2.44 bits per heavy atom. The number of rotatable bonds is 4. The van der Waals surface area contributed by atoms with Gasteiger partial charge in [-0.1, -0.05) is 31.2 Å². The van der Waals surface area contributed by atoms with Gasteiger partial charge in [-0.3, -0.25) is 4.79 Å². The summed E-state index contributed by atoms with van der Waals surface area (Å²) in [7, 11) is 0. The molecule has 0 N–H and O–H groups in total. The Bertz CT molecular complexity index is 882. The normalized spacial score (nSPS) is 17.7. The van der Waals surface area contributed by atoms with Crippen LogP contribution in [0.3, 0.4) is 0 Å². The zero-order valence-electron chi connectivity index (χ0n) is 15.3. The van der Waals surface area contributed by atoms with Crippen molar-refractivity contribution < 1.29 is 13.6 Å². The summed E-state index contributed by atoms with van der Waals surface area (Å²) in [6.07, 6.45) is 0.897. The van der Waals surface area contributed by atoms with Gasteiger partial charge in [0, 0.05) is 17.3 Å². The van der Waals surface area contributed by atoms with Gasteiger partial charge in [0.25, 0.3) is 12.3 Å². The van der Waals surface area contributed by atoms with E-state index in [0.717, 1.165) is 38.0 Å². The fourth-order valence-corrected chi connectivity index (χ4v) is 4.07. The molecule has 1 saturated heterocycles. The number of carbonyl (C=O) groups is 1. The maximum Gasteiger partial charge on any atom is 0.277 e. The fraction of sp³-hybridized carbons (Fsp3) is 0.364. The highest BCUT2D eigenvalue weighted by Crippen LogP contribution is 2.34. The molecule has 0 atom stereocenters. The molecule has 2 aromatic carbocycles. The van der Waals surface area contributed by atoms with E-state index in [1.54, 1.807) is 6.07 Å². The van der Waals surface area contributed by atoms with Gasteiger partial charge in [0.1, 0.15) is 0 Å². The van der Waals surface area contributed by atoms with Gasteiger partial charge in [-0.2, -0.15) is 0 Å². The first-order valence-electron chi connectivity index (χ1n) is 9.44. The topological polar surface area (TPSA) is 32.7 Å². The molecule has 1 fully saturated rings. The van der Waals surface area contributed by atoms with Gasteiger partial charge >= 0.3 is 0 Å². The minimum Gasteiger partial charge on any atom is -0.304 e. The van der Waals surface area contributed by atoms with E-state index in [-0.39, 0.29) is 16.7 Å². The number of aliphatic imine (C=N–C) groups is 1. The van der Waals surface area contributed by atoms with Crippen molar-refractivity contribution in [3.63, 3.8) is 0 Å². The lowest BCUT2D eigenvalue weighted by molar-refractivity contribution is 0.101. The van der Waals surface area contributed by atoms with E-state index in [1.165, 1.54) is 17.8 Å². The maximum absolute atomic E-state index is 13.4. The number of halogens is 2. The number of carbonyl (C=O) groups excluding carboxylic acids is 1. The monoisotopic (exact) mass is 368 g/mol. The lowest BCUT2D eigenvalue weighted by atomic mass is 9.88. The van der Waals surface area contributed by atoms with Gasteiger partial charge in [-0.25, -0.2) is 13.8 Å². The molecule has 2 heterocycles. The Hall–Kier alpha value is -2.40. The number of alkyl halides is 2. The van der Waals surface area contributed by atoms with E-state index in [2.05, 4.69) is 28.9 Å². The summed E-state index contributed by atoms with van der Waals surface area (Å²) in [5.74, 6) is 0.0986. The second-order valence-corrected chi connectivity index (χ2v) is 7.22. The summed E-state index contributed by atoms with van der Waals surface area (Å²) < 4.78 is 26.9. The predicted molar refractivity (Wildman–Crippen MR) is 103 cm³/mol. The molecule has 4 rings (SSSR count). The van der Waals surface area contributed by atoms with Crippen LogP contribution in [-0.4, -0.2) is 36.7 Å². The molecule has 0 saturated carbocycles. The number of fused-ring (bicyclic) bond motifs is 1. The second-order valence-electron chi connectivity index (χ2n) is 7.22. The summed E-state index contributed by atoms with van der Waals surface area (Å²) in [6, 6.07) is 11.3. The Balaban J connectivity index is 1.61. The number of nitrogens with zero attached hydrogens (tertiary/aromatic N) is 2. The predicted octanol–water partition coefficient (Wildman–Crippen LogP) is 5.06. The summed E-state index contributed by atoms with van der Waals surface area (Å²) in [5, 5.41) is 0. The molecule has 140 valence electrons. The molecule has 0 unspecified atom stereocenters. The zero-order valence-corrected chi connectivity index (χ0v) is 15.3. The summed E-state index contributed by atoms with van der Waals surface area (Å²) in [6.45, 7) is 5.52. The van der Waals surface area contributed by atoms with Crippen molar-refractivity contribution in [1.82, 2.24) is 4.90 Å². The molecule has 5 heteroatoms. The first kappa shape index (κ1) is 18.0. The molecule has 0 bridgehead atoms. The van der Waals surface area contributed by atoms with E-state index in [9.17, 15) is 13.6 Å². The summed E-state index contributed by atoms with van der Waals surface area (Å²) in [4.78, 5) is 18.0. The highest BCUT2D eigenvalue weighted by Gasteiger charge is 2.25. The Morgan fingerprint density at radius 2 is 1.81 bits per heavy atom. The van der Waals surface area contributed by atoms with Crippen LogP contribution in [0, 0.1) is 0 Å². The quantitative estimate of drug-likeness (QED) is 0.755. The van der Waals surface area contributed by atoms with E-state index in [4.69, 9.17) is 0 Å².